The quantitative estimate of drug-likeness (QED) is 0.932. The van der Waals surface area contributed by atoms with Gasteiger partial charge in [-0.05, 0) is 24.5 Å². The van der Waals surface area contributed by atoms with Crippen LogP contribution in [0.3, 0.4) is 0 Å². The first-order valence-corrected chi connectivity index (χ1v) is 6.96. The van der Waals surface area contributed by atoms with Crippen LogP contribution in [0.1, 0.15) is 23.7 Å². The number of nitrogens with zero attached hydrogens (tertiary/aromatic N) is 1. The lowest BCUT2D eigenvalue weighted by Gasteiger charge is -2.36. The normalized spacial score (nSPS) is 22.2. The topological polar surface area (TPSA) is 41.6 Å². The number of methoxy groups -OCH3 is 1. The summed E-state index contributed by atoms with van der Waals surface area (Å²) >= 11 is 0. The molecule has 0 radical (unpaired) electrons. The molecule has 1 heterocycles. The predicted octanol–water partition coefficient (Wildman–Crippen LogP) is 2.50. The Bertz CT molecular complexity index is 513. The summed E-state index contributed by atoms with van der Waals surface area (Å²) in [4.78, 5) is 14.0. The van der Waals surface area contributed by atoms with Gasteiger partial charge in [0.25, 0.3) is 5.91 Å². The van der Waals surface area contributed by atoms with E-state index in [-0.39, 0.29) is 23.3 Å². The number of halogens is 2. The number of ether oxygens (including phenoxy) is 1. The van der Waals surface area contributed by atoms with Gasteiger partial charge < -0.3 is 15.0 Å². The van der Waals surface area contributed by atoms with Gasteiger partial charge in [-0.15, -0.1) is 0 Å². The molecule has 0 spiro atoms. The molecule has 1 N–H and O–H groups in total. The van der Waals surface area contributed by atoms with Crippen molar-refractivity contribution in [3.8, 4) is 0 Å². The van der Waals surface area contributed by atoms with Gasteiger partial charge in [-0.2, -0.15) is 0 Å². The van der Waals surface area contributed by atoms with Gasteiger partial charge in [0.05, 0.1) is 6.10 Å². The highest BCUT2D eigenvalue weighted by molar-refractivity contribution is 5.94. The minimum atomic E-state index is -0.769. The Kier molecular flexibility index (Phi) is 4.77. The number of benzene rings is 1. The number of hydrogen-bond acceptors (Lipinski definition) is 3. The number of amides is 1. The number of anilines is 1. The van der Waals surface area contributed by atoms with Crippen molar-refractivity contribution >= 4 is 11.6 Å². The monoisotopic (exact) mass is 298 g/mol. The summed E-state index contributed by atoms with van der Waals surface area (Å²) in [5, 5.41) is 2.44. The van der Waals surface area contributed by atoms with Crippen LogP contribution in [0.2, 0.25) is 0 Å². The number of carbonyl (C=O) groups excluding carboxylic acids is 1. The molecular weight excluding hydrogens is 278 g/mol. The molecule has 21 heavy (non-hydrogen) atoms. The molecule has 0 aliphatic carbocycles. The van der Waals surface area contributed by atoms with Crippen LogP contribution < -0.4 is 5.32 Å². The maximum Gasteiger partial charge on any atom is 0.254 e. The minimum Gasteiger partial charge on any atom is -0.383 e. The minimum absolute atomic E-state index is 0.0217. The van der Waals surface area contributed by atoms with E-state index in [0.29, 0.717) is 19.0 Å². The van der Waals surface area contributed by atoms with Gasteiger partial charge in [-0.3, -0.25) is 4.79 Å². The largest absolute Gasteiger partial charge is 0.383 e. The fraction of sp³-hybridized carbons (Fsp3) is 0.533. The van der Waals surface area contributed by atoms with Crippen molar-refractivity contribution in [1.82, 2.24) is 4.90 Å². The molecule has 2 atom stereocenters. The molecule has 1 fully saturated rings. The summed E-state index contributed by atoms with van der Waals surface area (Å²) in [7, 11) is 3.04. The van der Waals surface area contributed by atoms with Crippen molar-refractivity contribution in [2.75, 3.05) is 32.6 Å². The van der Waals surface area contributed by atoms with E-state index in [0.717, 1.165) is 18.6 Å². The van der Waals surface area contributed by atoms with Gasteiger partial charge in [0, 0.05) is 32.8 Å². The Balaban J connectivity index is 2.20. The van der Waals surface area contributed by atoms with E-state index in [2.05, 4.69) is 12.2 Å². The van der Waals surface area contributed by atoms with Crippen LogP contribution >= 0.6 is 0 Å². The highest BCUT2D eigenvalue weighted by atomic mass is 19.1. The van der Waals surface area contributed by atoms with Crippen LogP contribution in [0.4, 0.5) is 14.5 Å². The molecule has 0 aromatic heterocycles. The van der Waals surface area contributed by atoms with Crippen molar-refractivity contribution in [3.63, 3.8) is 0 Å². The maximum atomic E-state index is 13.7. The summed E-state index contributed by atoms with van der Waals surface area (Å²) in [6, 6.07) is 2.13. The zero-order valence-corrected chi connectivity index (χ0v) is 12.5. The molecule has 116 valence electrons. The fourth-order valence-corrected chi connectivity index (χ4v) is 2.64. The Morgan fingerprint density at radius 2 is 2.00 bits per heavy atom. The van der Waals surface area contributed by atoms with Crippen molar-refractivity contribution in [3.05, 3.63) is 29.3 Å². The third kappa shape index (κ3) is 3.15. The van der Waals surface area contributed by atoms with Crippen LogP contribution in [0.25, 0.3) is 0 Å². The van der Waals surface area contributed by atoms with E-state index in [1.165, 1.54) is 7.05 Å². The van der Waals surface area contributed by atoms with Crippen molar-refractivity contribution in [1.29, 1.82) is 0 Å². The van der Waals surface area contributed by atoms with Gasteiger partial charge in [0.2, 0.25) is 0 Å². The molecular formula is C15H20F2N2O2. The average molecular weight is 298 g/mol. The molecule has 0 bridgehead atoms. The van der Waals surface area contributed by atoms with E-state index < -0.39 is 11.6 Å². The van der Waals surface area contributed by atoms with Crippen molar-refractivity contribution < 1.29 is 18.3 Å². The van der Waals surface area contributed by atoms with Crippen LogP contribution in [0.5, 0.6) is 0 Å². The Labute approximate surface area is 123 Å². The third-order valence-electron chi connectivity index (χ3n) is 4.02. The number of likely N-dealkylation sites (tertiary alicyclic amines) is 1. The highest BCUT2D eigenvalue weighted by Crippen LogP contribution is 2.24. The lowest BCUT2D eigenvalue weighted by molar-refractivity contribution is -0.00159. The molecule has 2 unspecified atom stereocenters. The number of hydrogen-bond donors (Lipinski definition) is 1. The van der Waals surface area contributed by atoms with E-state index in [9.17, 15) is 13.6 Å². The molecule has 1 aromatic rings. The predicted molar refractivity (Wildman–Crippen MR) is 76.4 cm³/mol. The zero-order chi connectivity index (χ0) is 15.6. The van der Waals surface area contributed by atoms with Crippen LogP contribution in [-0.4, -0.2) is 44.2 Å². The van der Waals surface area contributed by atoms with Crippen LogP contribution in [-0.2, 0) is 4.74 Å². The summed E-state index contributed by atoms with van der Waals surface area (Å²) in [5.41, 5.74) is -0.206. The SMILES string of the molecule is CNc1c(F)cc(C(=O)N2CCC(C)C(OC)C2)cc1F. The fourth-order valence-electron chi connectivity index (χ4n) is 2.64. The summed E-state index contributed by atoms with van der Waals surface area (Å²) in [6.45, 7) is 3.07. The number of rotatable bonds is 3. The van der Waals surface area contributed by atoms with Gasteiger partial charge >= 0.3 is 0 Å². The van der Waals surface area contributed by atoms with Gasteiger partial charge in [-0.1, -0.05) is 6.92 Å². The molecule has 1 saturated heterocycles. The number of nitrogens with one attached hydrogen (secondary N) is 1. The van der Waals surface area contributed by atoms with Crippen molar-refractivity contribution in [2.24, 2.45) is 5.92 Å². The average Bonchev–Trinajstić information content (AvgIpc) is 2.46. The van der Waals surface area contributed by atoms with Gasteiger partial charge in [-0.25, -0.2) is 8.78 Å². The standard InChI is InChI=1S/C15H20F2N2O2/c1-9-4-5-19(8-13(9)21-3)15(20)10-6-11(16)14(18-2)12(17)7-10/h6-7,9,13,18H,4-5,8H2,1-3H3. The Morgan fingerprint density at radius 3 is 2.52 bits per heavy atom. The Hall–Kier alpha value is -1.69. The lowest BCUT2D eigenvalue weighted by Crippen LogP contribution is -2.46. The molecule has 1 amide bonds. The summed E-state index contributed by atoms with van der Waals surface area (Å²) < 4.78 is 32.8. The van der Waals surface area contributed by atoms with E-state index in [4.69, 9.17) is 4.74 Å². The lowest BCUT2D eigenvalue weighted by atomic mass is 9.95. The first-order chi connectivity index (χ1) is 9.97. The van der Waals surface area contributed by atoms with Crippen LogP contribution in [0.15, 0.2) is 12.1 Å². The number of piperidine rings is 1. The zero-order valence-electron chi connectivity index (χ0n) is 12.5. The summed E-state index contributed by atoms with van der Waals surface area (Å²) in [5.74, 6) is -1.55. The first-order valence-electron chi connectivity index (χ1n) is 6.96. The molecule has 6 heteroatoms. The second-order valence-corrected chi connectivity index (χ2v) is 5.36. The second kappa shape index (κ2) is 6.39. The molecule has 1 aliphatic heterocycles. The number of carbonyl (C=O) groups is 1. The van der Waals surface area contributed by atoms with Gasteiger partial charge in [0.1, 0.15) is 17.3 Å². The highest BCUT2D eigenvalue weighted by Gasteiger charge is 2.29. The summed E-state index contributed by atoms with van der Waals surface area (Å²) in [6.07, 6.45) is 0.762. The molecule has 4 nitrogen and oxygen atoms in total. The van der Waals surface area contributed by atoms with Crippen LogP contribution in [0, 0.1) is 17.6 Å². The smallest absolute Gasteiger partial charge is 0.254 e. The maximum absolute atomic E-state index is 13.7. The van der Waals surface area contributed by atoms with E-state index >= 15 is 0 Å². The first kappa shape index (κ1) is 15.7. The Morgan fingerprint density at radius 1 is 1.38 bits per heavy atom. The van der Waals surface area contributed by atoms with Crippen molar-refractivity contribution in [2.45, 2.75) is 19.4 Å². The second-order valence-electron chi connectivity index (χ2n) is 5.36. The molecule has 2 rings (SSSR count). The molecule has 1 aliphatic rings. The third-order valence-corrected chi connectivity index (χ3v) is 4.02. The van der Waals surface area contributed by atoms with Gasteiger partial charge in [0.15, 0.2) is 0 Å². The molecule has 0 saturated carbocycles. The van der Waals surface area contributed by atoms with E-state index in [1.807, 2.05) is 0 Å². The molecule has 1 aromatic carbocycles. The van der Waals surface area contributed by atoms with E-state index in [1.54, 1.807) is 12.0 Å².